The van der Waals surface area contributed by atoms with Crippen LogP contribution in [-0.4, -0.2) is 68.0 Å². The highest BCUT2D eigenvalue weighted by Gasteiger charge is 2.27. The molecule has 0 bridgehead atoms. The lowest BCUT2D eigenvalue weighted by Crippen LogP contribution is -2.46. The molecule has 2 aliphatic rings. The Kier molecular flexibility index (Phi) is 5.22. The molecule has 0 amide bonds. The number of nitrogens with zero attached hydrogens (tertiary/aromatic N) is 5. The van der Waals surface area contributed by atoms with Crippen LogP contribution in [0.4, 0.5) is 10.2 Å². The fraction of sp³-hybridized carbons (Fsp3) is 0.458. The lowest BCUT2D eigenvalue weighted by atomic mass is 9.90. The van der Waals surface area contributed by atoms with E-state index in [-0.39, 0.29) is 5.95 Å². The van der Waals surface area contributed by atoms with E-state index >= 15 is 0 Å². The number of aryl methyl sites for hydroxylation is 1. The molecule has 9 heteroatoms. The molecule has 1 aliphatic heterocycles. The maximum absolute atomic E-state index is 14.5. The van der Waals surface area contributed by atoms with Crippen molar-refractivity contribution in [1.82, 2.24) is 29.6 Å². The molecule has 0 spiro atoms. The molecular weight excluding hydrogens is 421 g/mol. The number of hydrogen-bond donors (Lipinski definition) is 2. The van der Waals surface area contributed by atoms with E-state index in [9.17, 15) is 4.39 Å². The van der Waals surface area contributed by atoms with Crippen LogP contribution in [0.2, 0.25) is 0 Å². The number of aromatic nitrogens is 5. The van der Waals surface area contributed by atoms with Crippen LogP contribution >= 0.6 is 0 Å². The summed E-state index contributed by atoms with van der Waals surface area (Å²) in [5, 5.41) is 9.67. The molecule has 0 unspecified atom stereocenters. The number of rotatable bonds is 4. The smallest absolute Gasteiger partial charge is 0.219 e. The summed E-state index contributed by atoms with van der Waals surface area (Å²) in [6.45, 7) is 3.79. The van der Waals surface area contributed by atoms with Crippen molar-refractivity contribution in [3.63, 3.8) is 0 Å². The summed E-state index contributed by atoms with van der Waals surface area (Å²) < 4.78 is 21.2. The summed E-state index contributed by atoms with van der Waals surface area (Å²) in [4.78, 5) is 15.0. The van der Waals surface area contributed by atoms with Gasteiger partial charge in [0, 0.05) is 43.1 Å². The Balaban J connectivity index is 1.27. The van der Waals surface area contributed by atoms with Crippen LogP contribution in [0.3, 0.4) is 0 Å². The third kappa shape index (κ3) is 3.75. The summed E-state index contributed by atoms with van der Waals surface area (Å²) >= 11 is 0. The highest BCUT2D eigenvalue weighted by atomic mass is 19.1. The number of H-pyrrole nitrogens is 1. The molecule has 172 valence electrons. The highest BCUT2D eigenvalue weighted by molar-refractivity contribution is 6.12. The molecule has 2 fully saturated rings. The normalized spacial score (nSPS) is 22.2. The van der Waals surface area contributed by atoms with Gasteiger partial charge in [-0.3, -0.25) is 4.90 Å². The Labute approximate surface area is 191 Å². The van der Waals surface area contributed by atoms with E-state index in [4.69, 9.17) is 4.74 Å². The monoisotopic (exact) mass is 449 g/mol. The molecule has 33 heavy (non-hydrogen) atoms. The van der Waals surface area contributed by atoms with Gasteiger partial charge in [0.15, 0.2) is 0 Å². The first kappa shape index (κ1) is 20.6. The van der Waals surface area contributed by atoms with Crippen molar-refractivity contribution in [1.29, 1.82) is 0 Å². The van der Waals surface area contributed by atoms with Crippen LogP contribution in [0.5, 0.6) is 0 Å². The Bertz CT molecular complexity index is 1280. The maximum Gasteiger partial charge on any atom is 0.219 e. The summed E-state index contributed by atoms with van der Waals surface area (Å²) in [5.74, 6) is 0.491. The third-order valence-electron chi connectivity index (χ3n) is 7.17. The van der Waals surface area contributed by atoms with Gasteiger partial charge in [-0.2, -0.15) is 9.49 Å². The molecule has 3 aromatic heterocycles. The van der Waals surface area contributed by atoms with Gasteiger partial charge in [-0.25, -0.2) is 14.6 Å². The predicted molar refractivity (Wildman–Crippen MR) is 126 cm³/mol. The van der Waals surface area contributed by atoms with Gasteiger partial charge in [-0.1, -0.05) is 6.07 Å². The van der Waals surface area contributed by atoms with Gasteiger partial charge in [0.2, 0.25) is 5.95 Å². The van der Waals surface area contributed by atoms with Crippen molar-refractivity contribution in [2.24, 2.45) is 7.05 Å². The quantitative estimate of drug-likeness (QED) is 0.494. The van der Waals surface area contributed by atoms with Crippen LogP contribution in [-0.2, 0) is 11.8 Å². The standard InChI is InChI=1S/C24H28FN7O/c1-31-22(25)19(13-28-31)15-2-7-20-18(12-15)21-23(26-14-27-24(21)30-20)29-16-3-5-17(6-4-16)32-8-10-33-11-9-32/h2,7,12-14,16-17H,3-6,8-11H2,1H3,(H2,26,27,29,30). The van der Waals surface area contributed by atoms with Crippen molar-refractivity contribution < 1.29 is 9.13 Å². The average Bonchev–Trinajstić information content (AvgIpc) is 3.40. The molecule has 1 aliphatic carbocycles. The third-order valence-corrected chi connectivity index (χ3v) is 7.17. The largest absolute Gasteiger partial charge is 0.379 e. The van der Waals surface area contributed by atoms with Crippen molar-refractivity contribution in [3.8, 4) is 11.1 Å². The fourth-order valence-electron chi connectivity index (χ4n) is 5.34. The second-order valence-corrected chi connectivity index (χ2v) is 9.10. The molecule has 4 heterocycles. The lowest BCUT2D eigenvalue weighted by Gasteiger charge is -2.39. The Hall–Kier alpha value is -3.04. The van der Waals surface area contributed by atoms with Crippen molar-refractivity contribution in [2.75, 3.05) is 31.6 Å². The Morgan fingerprint density at radius 1 is 1.12 bits per heavy atom. The second kappa shape index (κ2) is 8.39. The fourth-order valence-corrected chi connectivity index (χ4v) is 5.34. The maximum atomic E-state index is 14.5. The van der Waals surface area contributed by atoms with E-state index in [0.29, 0.717) is 17.6 Å². The molecule has 0 radical (unpaired) electrons. The first-order valence-corrected chi connectivity index (χ1v) is 11.7. The number of benzene rings is 1. The van der Waals surface area contributed by atoms with Gasteiger partial charge < -0.3 is 15.0 Å². The zero-order valence-corrected chi connectivity index (χ0v) is 18.7. The number of ether oxygens (including phenoxy) is 1. The van der Waals surface area contributed by atoms with Gasteiger partial charge in [0.1, 0.15) is 17.8 Å². The van der Waals surface area contributed by atoms with Crippen LogP contribution < -0.4 is 5.32 Å². The van der Waals surface area contributed by atoms with Crippen LogP contribution in [0.1, 0.15) is 25.7 Å². The minimum Gasteiger partial charge on any atom is -0.379 e. The molecule has 2 N–H and O–H groups in total. The summed E-state index contributed by atoms with van der Waals surface area (Å²) in [6, 6.07) is 6.91. The van der Waals surface area contributed by atoms with Crippen LogP contribution in [0.15, 0.2) is 30.7 Å². The number of hydrogen-bond acceptors (Lipinski definition) is 6. The lowest BCUT2D eigenvalue weighted by molar-refractivity contribution is 0.00791. The van der Waals surface area contributed by atoms with Crippen LogP contribution in [0.25, 0.3) is 33.1 Å². The molecule has 8 nitrogen and oxygen atoms in total. The summed E-state index contributed by atoms with van der Waals surface area (Å²) in [7, 11) is 1.60. The average molecular weight is 450 g/mol. The SMILES string of the molecule is Cn1ncc(-c2ccc3[nH]c4ncnc(NC5CCC(N6CCOCC6)CC5)c4c3c2)c1F. The number of nitrogens with one attached hydrogen (secondary N) is 2. The Morgan fingerprint density at radius 3 is 2.70 bits per heavy atom. The first-order valence-electron chi connectivity index (χ1n) is 11.7. The minimum absolute atomic E-state index is 0.346. The van der Waals surface area contributed by atoms with E-state index in [2.05, 4.69) is 30.3 Å². The number of morpholine rings is 1. The van der Waals surface area contributed by atoms with Gasteiger partial charge in [-0.15, -0.1) is 0 Å². The number of halogens is 1. The predicted octanol–water partition coefficient (Wildman–Crippen LogP) is 3.71. The molecule has 6 rings (SSSR count). The molecule has 1 saturated heterocycles. The zero-order chi connectivity index (χ0) is 22.4. The van der Waals surface area contributed by atoms with Gasteiger partial charge in [-0.05, 0) is 43.4 Å². The van der Waals surface area contributed by atoms with Crippen LogP contribution in [0, 0.1) is 5.95 Å². The second-order valence-electron chi connectivity index (χ2n) is 9.10. The molecule has 4 aromatic rings. The van der Waals surface area contributed by atoms with Crippen molar-refractivity contribution in [2.45, 2.75) is 37.8 Å². The minimum atomic E-state index is -0.346. The zero-order valence-electron chi connectivity index (χ0n) is 18.7. The first-order chi connectivity index (χ1) is 16.2. The van der Waals surface area contributed by atoms with Gasteiger partial charge in [0.05, 0.1) is 30.4 Å². The summed E-state index contributed by atoms with van der Waals surface area (Å²) in [5.41, 5.74) is 3.02. The number of aromatic amines is 1. The van der Waals surface area contributed by atoms with Crippen molar-refractivity contribution in [3.05, 3.63) is 36.7 Å². The van der Waals surface area contributed by atoms with Gasteiger partial charge in [0.25, 0.3) is 0 Å². The van der Waals surface area contributed by atoms with E-state index in [0.717, 1.165) is 72.5 Å². The topological polar surface area (TPSA) is 83.9 Å². The summed E-state index contributed by atoms with van der Waals surface area (Å²) in [6.07, 6.45) is 7.76. The molecular formula is C24H28FN7O. The molecule has 0 atom stereocenters. The van der Waals surface area contributed by atoms with Gasteiger partial charge >= 0.3 is 0 Å². The van der Waals surface area contributed by atoms with E-state index in [1.165, 1.54) is 17.5 Å². The highest BCUT2D eigenvalue weighted by Crippen LogP contribution is 2.34. The van der Waals surface area contributed by atoms with E-state index in [1.807, 2.05) is 18.2 Å². The number of anilines is 1. The van der Waals surface area contributed by atoms with Crippen molar-refractivity contribution >= 4 is 27.8 Å². The Morgan fingerprint density at radius 2 is 1.94 bits per heavy atom. The molecule has 1 saturated carbocycles. The molecule has 1 aromatic carbocycles. The van der Waals surface area contributed by atoms with E-state index in [1.54, 1.807) is 19.6 Å². The van der Waals surface area contributed by atoms with E-state index < -0.39 is 0 Å². The number of fused-ring (bicyclic) bond motifs is 3.